The molecular weight excluding hydrogens is 316 g/mol. The van der Waals surface area contributed by atoms with Crippen molar-refractivity contribution in [3.63, 3.8) is 0 Å². The first-order valence-electron chi connectivity index (χ1n) is 6.32. The zero-order valence-electron chi connectivity index (χ0n) is 11.6. The van der Waals surface area contributed by atoms with Crippen molar-refractivity contribution in [2.75, 3.05) is 14.1 Å². The summed E-state index contributed by atoms with van der Waals surface area (Å²) in [6.07, 6.45) is 1.81. The summed E-state index contributed by atoms with van der Waals surface area (Å²) >= 11 is 3.42. The van der Waals surface area contributed by atoms with Gasteiger partial charge in [0.25, 0.3) is 0 Å². The predicted octanol–water partition coefficient (Wildman–Crippen LogP) is 3.92. The predicted molar refractivity (Wildman–Crippen MR) is 86.2 cm³/mol. The maximum atomic E-state index is 5.79. The highest BCUT2D eigenvalue weighted by atomic mass is 79.9. The lowest BCUT2D eigenvalue weighted by Crippen LogP contribution is -2.02. The summed E-state index contributed by atoms with van der Waals surface area (Å²) in [5, 5.41) is 5.97. The molecule has 0 spiro atoms. The Bertz CT molecular complexity index is 579. The highest BCUT2D eigenvalue weighted by molar-refractivity contribution is 9.10. The maximum absolute atomic E-state index is 5.79. The molecule has 0 aromatic heterocycles. The van der Waals surface area contributed by atoms with Crippen molar-refractivity contribution in [1.29, 1.82) is 0 Å². The molecule has 0 amide bonds. The van der Waals surface area contributed by atoms with E-state index >= 15 is 0 Å². The standard InChI is InChI=1S/C16H17BrN2O/c1-19(2)18-11-14-4-3-5-16(10-14)20-12-13-6-8-15(17)9-7-13/h3-11H,12H2,1-2H3/b18-11+. The summed E-state index contributed by atoms with van der Waals surface area (Å²) in [5.74, 6) is 0.843. The van der Waals surface area contributed by atoms with Gasteiger partial charge in [-0.25, -0.2) is 0 Å². The third-order valence-electron chi connectivity index (χ3n) is 2.61. The molecule has 0 aliphatic heterocycles. The number of hydrogen-bond donors (Lipinski definition) is 0. The molecule has 20 heavy (non-hydrogen) atoms. The van der Waals surface area contributed by atoms with E-state index in [1.807, 2.05) is 68.8 Å². The molecule has 0 aliphatic rings. The second-order valence-corrected chi connectivity index (χ2v) is 5.50. The van der Waals surface area contributed by atoms with Crippen LogP contribution in [-0.2, 0) is 6.61 Å². The Balaban J connectivity index is 1.99. The fourth-order valence-electron chi connectivity index (χ4n) is 1.61. The minimum atomic E-state index is 0.557. The summed E-state index contributed by atoms with van der Waals surface area (Å²) in [6.45, 7) is 0.557. The van der Waals surface area contributed by atoms with Gasteiger partial charge in [-0.2, -0.15) is 5.10 Å². The van der Waals surface area contributed by atoms with Gasteiger partial charge in [0.15, 0.2) is 0 Å². The molecule has 0 N–H and O–H groups in total. The average molecular weight is 333 g/mol. The SMILES string of the molecule is CN(C)/N=C/c1cccc(OCc2ccc(Br)cc2)c1. The summed E-state index contributed by atoms with van der Waals surface area (Å²) in [4.78, 5) is 0. The number of rotatable bonds is 5. The number of hydrazone groups is 1. The molecule has 0 saturated carbocycles. The molecule has 3 nitrogen and oxygen atoms in total. The van der Waals surface area contributed by atoms with E-state index in [0.717, 1.165) is 21.3 Å². The van der Waals surface area contributed by atoms with Crippen LogP contribution in [0.15, 0.2) is 58.1 Å². The van der Waals surface area contributed by atoms with Gasteiger partial charge in [-0.3, -0.25) is 0 Å². The lowest BCUT2D eigenvalue weighted by Gasteiger charge is -2.07. The fraction of sp³-hybridized carbons (Fsp3) is 0.188. The first kappa shape index (κ1) is 14.6. The van der Waals surface area contributed by atoms with Gasteiger partial charge in [0.2, 0.25) is 0 Å². The highest BCUT2D eigenvalue weighted by Crippen LogP contribution is 2.16. The van der Waals surface area contributed by atoms with Crippen molar-refractivity contribution in [1.82, 2.24) is 5.01 Å². The van der Waals surface area contributed by atoms with Crippen LogP contribution in [0.25, 0.3) is 0 Å². The summed E-state index contributed by atoms with van der Waals surface area (Å²) in [7, 11) is 3.79. The number of benzene rings is 2. The summed E-state index contributed by atoms with van der Waals surface area (Å²) in [6, 6.07) is 16.0. The van der Waals surface area contributed by atoms with Gasteiger partial charge in [-0.1, -0.05) is 40.2 Å². The Hall–Kier alpha value is -1.81. The monoisotopic (exact) mass is 332 g/mol. The second kappa shape index (κ2) is 7.10. The number of ether oxygens (including phenoxy) is 1. The van der Waals surface area contributed by atoms with Crippen LogP contribution in [0.4, 0.5) is 0 Å². The van der Waals surface area contributed by atoms with Gasteiger partial charge in [0.1, 0.15) is 12.4 Å². The van der Waals surface area contributed by atoms with Crippen molar-refractivity contribution in [2.45, 2.75) is 6.61 Å². The zero-order chi connectivity index (χ0) is 14.4. The summed E-state index contributed by atoms with van der Waals surface area (Å²) < 4.78 is 6.86. The molecule has 0 aliphatic carbocycles. The lowest BCUT2D eigenvalue weighted by molar-refractivity contribution is 0.306. The third-order valence-corrected chi connectivity index (χ3v) is 3.14. The minimum Gasteiger partial charge on any atom is -0.489 e. The Morgan fingerprint density at radius 2 is 1.90 bits per heavy atom. The van der Waals surface area contributed by atoms with Crippen LogP contribution in [0.5, 0.6) is 5.75 Å². The molecule has 0 unspecified atom stereocenters. The van der Waals surface area contributed by atoms with Gasteiger partial charge in [0, 0.05) is 18.6 Å². The minimum absolute atomic E-state index is 0.557. The van der Waals surface area contributed by atoms with Crippen LogP contribution in [0.2, 0.25) is 0 Å². The Kier molecular flexibility index (Phi) is 5.18. The zero-order valence-corrected chi connectivity index (χ0v) is 13.2. The molecule has 0 bridgehead atoms. The molecule has 2 aromatic rings. The van der Waals surface area contributed by atoms with E-state index in [-0.39, 0.29) is 0 Å². The first-order chi connectivity index (χ1) is 9.63. The van der Waals surface area contributed by atoms with E-state index in [9.17, 15) is 0 Å². The molecule has 0 radical (unpaired) electrons. The highest BCUT2D eigenvalue weighted by Gasteiger charge is 1.97. The molecule has 0 atom stereocenters. The smallest absolute Gasteiger partial charge is 0.120 e. The topological polar surface area (TPSA) is 24.8 Å². The third kappa shape index (κ3) is 4.70. The second-order valence-electron chi connectivity index (χ2n) is 4.58. The van der Waals surface area contributed by atoms with Crippen LogP contribution in [0.1, 0.15) is 11.1 Å². The Morgan fingerprint density at radius 3 is 2.60 bits per heavy atom. The van der Waals surface area contributed by atoms with Gasteiger partial charge in [0.05, 0.1) is 6.21 Å². The summed E-state index contributed by atoms with van der Waals surface area (Å²) in [5.41, 5.74) is 2.16. The van der Waals surface area contributed by atoms with Crippen LogP contribution in [-0.4, -0.2) is 25.3 Å². The van der Waals surface area contributed by atoms with Crippen LogP contribution in [0, 0.1) is 0 Å². The van der Waals surface area contributed by atoms with Crippen molar-refractivity contribution in [2.24, 2.45) is 5.10 Å². The van der Waals surface area contributed by atoms with E-state index in [4.69, 9.17) is 4.74 Å². The maximum Gasteiger partial charge on any atom is 0.120 e. The van der Waals surface area contributed by atoms with E-state index in [1.54, 1.807) is 5.01 Å². The van der Waals surface area contributed by atoms with Crippen molar-refractivity contribution < 1.29 is 4.74 Å². The first-order valence-corrected chi connectivity index (χ1v) is 7.11. The molecule has 0 heterocycles. The van der Waals surface area contributed by atoms with Crippen molar-refractivity contribution in [3.05, 3.63) is 64.1 Å². The Morgan fingerprint density at radius 1 is 1.15 bits per heavy atom. The van der Waals surface area contributed by atoms with E-state index in [2.05, 4.69) is 21.0 Å². The van der Waals surface area contributed by atoms with Gasteiger partial charge < -0.3 is 9.75 Å². The van der Waals surface area contributed by atoms with Crippen LogP contribution < -0.4 is 4.74 Å². The molecule has 2 rings (SSSR count). The molecule has 0 saturated heterocycles. The number of nitrogens with zero attached hydrogens (tertiary/aromatic N) is 2. The van der Waals surface area contributed by atoms with E-state index in [0.29, 0.717) is 6.61 Å². The molecule has 104 valence electrons. The molecular formula is C16H17BrN2O. The molecule has 4 heteroatoms. The van der Waals surface area contributed by atoms with Gasteiger partial charge in [-0.15, -0.1) is 0 Å². The van der Waals surface area contributed by atoms with Crippen molar-refractivity contribution >= 4 is 22.1 Å². The van der Waals surface area contributed by atoms with Gasteiger partial charge >= 0.3 is 0 Å². The molecule has 2 aromatic carbocycles. The van der Waals surface area contributed by atoms with Crippen molar-refractivity contribution in [3.8, 4) is 5.75 Å². The quantitative estimate of drug-likeness (QED) is 0.612. The van der Waals surface area contributed by atoms with Crippen LogP contribution in [0.3, 0.4) is 0 Å². The van der Waals surface area contributed by atoms with E-state index in [1.165, 1.54) is 0 Å². The van der Waals surface area contributed by atoms with Gasteiger partial charge in [-0.05, 0) is 35.4 Å². The number of halogens is 1. The van der Waals surface area contributed by atoms with E-state index < -0.39 is 0 Å². The average Bonchev–Trinajstić information content (AvgIpc) is 2.45. The molecule has 0 fully saturated rings. The fourth-order valence-corrected chi connectivity index (χ4v) is 1.88. The van der Waals surface area contributed by atoms with Crippen LogP contribution >= 0.6 is 15.9 Å². The Labute approximate surface area is 128 Å². The number of hydrogen-bond acceptors (Lipinski definition) is 3. The lowest BCUT2D eigenvalue weighted by atomic mass is 10.2. The normalized spacial score (nSPS) is 10.8. The largest absolute Gasteiger partial charge is 0.489 e.